The summed E-state index contributed by atoms with van der Waals surface area (Å²) in [6, 6.07) is 2.57. The Morgan fingerprint density at radius 3 is 3.05 bits per heavy atom. The Bertz CT molecular complexity index is 413. The number of rotatable bonds is 4. The maximum atomic E-state index is 12.1. The summed E-state index contributed by atoms with van der Waals surface area (Å²) in [7, 11) is 1.97. The number of likely N-dealkylation sites (N-methyl/N-ethyl adjacent to an activating group) is 1. The predicted octanol–water partition coefficient (Wildman–Crippen LogP) is 3.08. The molecule has 19 heavy (non-hydrogen) atoms. The minimum atomic E-state index is 0. The normalized spacial score (nSPS) is 19.1. The lowest BCUT2D eigenvalue weighted by molar-refractivity contribution is -0.132. The monoisotopic (exact) mass is 366 g/mol. The molecule has 2 rings (SSSR count). The number of aryl methyl sites for hydroxylation is 1. The molecule has 0 aliphatic carbocycles. The van der Waals surface area contributed by atoms with E-state index in [9.17, 15) is 4.79 Å². The van der Waals surface area contributed by atoms with Crippen LogP contribution in [0.25, 0.3) is 0 Å². The highest BCUT2D eigenvalue weighted by Crippen LogP contribution is 2.21. The van der Waals surface area contributed by atoms with Crippen molar-refractivity contribution in [2.75, 3.05) is 20.1 Å². The van der Waals surface area contributed by atoms with Crippen molar-refractivity contribution in [1.29, 1.82) is 0 Å². The lowest BCUT2D eigenvalue weighted by Gasteiger charge is -2.32. The molecule has 0 bridgehead atoms. The van der Waals surface area contributed by atoms with Crippen LogP contribution in [0.4, 0.5) is 0 Å². The largest absolute Gasteiger partial charge is 0.341 e. The summed E-state index contributed by atoms with van der Waals surface area (Å²) in [5.74, 6) is 0.291. The molecule has 1 aliphatic heterocycles. The fourth-order valence-corrected chi connectivity index (χ4v) is 3.77. The van der Waals surface area contributed by atoms with Gasteiger partial charge in [-0.25, -0.2) is 0 Å². The van der Waals surface area contributed by atoms with Crippen molar-refractivity contribution in [3.05, 3.63) is 20.8 Å². The zero-order valence-electron chi connectivity index (χ0n) is 11.0. The first kappa shape index (κ1) is 17.0. The van der Waals surface area contributed by atoms with Gasteiger partial charge in [0, 0.05) is 40.3 Å². The number of hydrogen-bond acceptors (Lipinski definition) is 3. The first-order chi connectivity index (χ1) is 8.69. The van der Waals surface area contributed by atoms with E-state index in [-0.39, 0.29) is 12.4 Å². The van der Waals surface area contributed by atoms with Gasteiger partial charge in [-0.15, -0.1) is 23.7 Å². The Morgan fingerprint density at radius 2 is 2.42 bits per heavy atom. The van der Waals surface area contributed by atoms with E-state index in [1.165, 1.54) is 11.3 Å². The third kappa shape index (κ3) is 5.06. The number of hydrogen-bond donors (Lipinski definition) is 1. The van der Waals surface area contributed by atoms with Crippen LogP contribution in [-0.4, -0.2) is 37.0 Å². The van der Waals surface area contributed by atoms with Crippen LogP contribution in [0.3, 0.4) is 0 Å². The summed E-state index contributed by atoms with van der Waals surface area (Å²) in [6.07, 6.45) is 3.78. The number of carbonyl (C=O) groups is 1. The summed E-state index contributed by atoms with van der Waals surface area (Å²) in [5.41, 5.74) is 0. The zero-order chi connectivity index (χ0) is 13.0. The topological polar surface area (TPSA) is 32.3 Å². The molecule has 2 heterocycles. The summed E-state index contributed by atoms with van der Waals surface area (Å²) < 4.78 is 1.11. The molecule has 0 spiro atoms. The molecule has 0 saturated carbocycles. The van der Waals surface area contributed by atoms with Gasteiger partial charge < -0.3 is 10.2 Å². The van der Waals surface area contributed by atoms with Crippen molar-refractivity contribution < 1.29 is 4.79 Å². The molecule has 3 nitrogen and oxygen atoms in total. The second-order valence-electron chi connectivity index (χ2n) is 4.70. The second kappa shape index (κ2) is 8.25. The van der Waals surface area contributed by atoms with Gasteiger partial charge in [0.25, 0.3) is 0 Å². The van der Waals surface area contributed by atoms with Crippen LogP contribution >= 0.6 is 39.7 Å². The van der Waals surface area contributed by atoms with E-state index in [0.717, 1.165) is 30.4 Å². The van der Waals surface area contributed by atoms with Crippen LogP contribution < -0.4 is 5.32 Å². The number of thiophene rings is 1. The number of piperidine rings is 1. The lowest BCUT2D eigenvalue weighted by Crippen LogP contribution is -2.47. The standard InChI is InChI=1S/C13H19BrN2OS.ClH/c1-15-11-3-2-6-16(8-11)13(17)5-4-12-7-10(14)9-18-12;/h7,9,11,15H,2-6,8H2,1H3;1H. The summed E-state index contributed by atoms with van der Waals surface area (Å²) >= 11 is 5.15. The molecular weight excluding hydrogens is 348 g/mol. The van der Waals surface area contributed by atoms with Gasteiger partial charge in [-0.1, -0.05) is 0 Å². The predicted molar refractivity (Wildman–Crippen MR) is 86.2 cm³/mol. The van der Waals surface area contributed by atoms with Gasteiger partial charge in [0.15, 0.2) is 0 Å². The minimum Gasteiger partial charge on any atom is -0.341 e. The van der Waals surface area contributed by atoms with E-state index in [2.05, 4.69) is 32.7 Å². The molecular formula is C13H20BrClN2OS. The van der Waals surface area contributed by atoms with Crippen molar-refractivity contribution in [1.82, 2.24) is 10.2 Å². The zero-order valence-corrected chi connectivity index (χ0v) is 14.2. The number of nitrogens with zero attached hydrogens (tertiary/aromatic N) is 1. The lowest BCUT2D eigenvalue weighted by atomic mass is 10.1. The molecule has 1 saturated heterocycles. The van der Waals surface area contributed by atoms with Crippen LogP contribution in [0, 0.1) is 0 Å². The fourth-order valence-electron chi connectivity index (χ4n) is 2.31. The van der Waals surface area contributed by atoms with Crippen molar-refractivity contribution in [3.8, 4) is 0 Å². The summed E-state index contributed by atoms with van der Waals surface area (Å²) in [5, 5.41) is 5.34. The third-order valence-electron chi connectivity index (χ3n) is 3.39. The van der Waals surface area contributed by atoms with Crippen molar-refractivity contribution in [3.63, 3.8) is 0 Å². The van der Waals surface area contributed by atoms with Gasteiger partial charge in [0.05, 0.1) is 0 Å². The van der Waals surface area contributed by atoms with Crippen LogP contribution in [0.15, 0.2) is 15.9 Å². The minimum absolute atomic E-state index is 0. The molecule has 1 atom stereocenters. The average Bonchev–Trinajstić information content (AvgIpc) is 2.82. The van der Waals surface area contributed by atoms with E-state index >= 15 is 0 Å². The van der Waals surface area contributed by atoms with E-state index in [4.69, 9.17) is 0 Å². The number of halogens is 2. The Labute approximate surface area is 133 Å². The molecule has 1 aromatic rings. The Balaban J connectivity index is 0.00000180. The Kier molecular flexibility index (Phi) is 7.36. The van der Waals surface area contributed by atoms with E-state index < -0.39 is 0 Å². The summed E-state index contributed by atoms with van der Waals surface area (Å²) in [6.45, 7) is 1.79. The van der Waals surface area contributed by atoms with Crippen LogP contribution in [0.1, 0.15) is 24.1 Å². The highest BCUT2D eigenvalue weighted by molar-refractivity contribution is 9.10. The molecule has 1 fully saturated rings. The molecule has 0 aromatic carbocycles. The maximum Gasteiger partial charge on any atom is 0.222 e. The fraction of sp³-hybridized carbons (Fsp3) is 0.615. The number of likely N-dealkylation sites (tertiary alicyclic amines) is 1. The molecule has 1 N–H and O–H groups in total. The molecule has 1 aliphatic rings. The van der Waals surface area contributed by atoms with E-state index in [1.807, 2.05) is 11.9 Å². The van der Waals surface area contributed by atoms with Crippen LogP contribution in [0.2, 0.25) is 0 Å². The molecule has 0 radical (unpaired) electrons. The van der Waals surface area contributed by atoms with Crippen molar-refractivity contribution in [2.24, 2.45) is 0 Å². The van der Waals surface area contributed by atoms with E-state index in [0.29, 0.717) is 18.4 Å². The van der Waals surface area contributed by atoms with Gasteiger partial charge >= 0.3 is 0 Å². The van der Waals surface area contributed by atoms with E-state index in [1.54, 1.807) is 11.3 Å². The van der Waals surface area contributed by atoms with Crippen LogP contribution in [0.5, 0.6) is 0 Å². The summed E-state index contributed by atoms with van der Waals surface area (Å²) in [4.78, 5) is 15.4. The SMILES string of the molecule is CNC1CCCN(C(=O)CCc2cc(Br)cs2)C1.Cl. The first-order valence-electron chi connectivity index (χ1n) is 6.37. The smallest absolute Gasteiger partial charge is 0.222 e. The number of amides is 1. The number of carbonyl (C=O) groups excluding carboxylic acids is 1. The molecule has 1 unspecified atom stereocenters. The van der Waals surface area contributed by atoms with Crippen LogP contribution in [-0.2, 0) is 11.2 Å². The molecule has 6 heteroatoms. The maximum absolute atomic E-state index is 12.1. The Hall–Kier alpha value is -0.100. The molecule has 1 aromatic heterocycles. The second-order valence-corrected chi connectivity index (χ2v) is 6.61. The van der Waals surface area contributed by atoms with Crippen molar-refractivity contribution >= 4 is 45.6 Å². The average molecular weight is 368 g/mol. The number of nitrogens with one attached hydrogen (secondary N) is 1. The van der Waals surface area contributed by atoms with Gasteiger partial charge in [-0.2, -0.15) is 0 Å². The molecule has 1 amide bonds. The molecule has 108 valence electrons. The Morgan fingerprint density at radius 1 is 1.63 bits per heavy atom. The van der Waals surface area contributed by atoms with Gasteiger partial charge in [0.2, 0.25) is 5.91 Å². The quantitative estimate of drug-likeness (QED) is 0.887. The highest BCUT2D eigenvalue weighted by Gasteiger charge is 2.22. The highest BCUT2D eigenvalue weighted by atomic mass is 79.9. The van der Waals surface area contributed by atoms with Crippen molar-refractivity contribution in [2.45, 2.75) is 31.7 Å². The first-order valence-corrected chi connectivity index (χ1v) is 8.04. The van der Waals surface area contributed by atoms with Gasteiger partial charge in [-0.05, 0) is 48.3 Å². The van der Waals surface area contributed by atoms with Gasteiger partial charge in [0.1, 0.15) is 0 Å². The van der Waals surface area contributed by atoms with Gasteiger partial charge in [-0.3, -0.25) is 4.79 Å². The third-order valence-corrected chi connectivity index (χ3v) is 5.15.